The van der Waals surface area contributed by atoms with Crippen LogP contribution in [0.25, 0.3) is 0 Å². The van der Waals surface area contributed by atoms with Crippen LogP contribution in [0.15, 0.2) is 24.3 Å². The van der Waals surface area contributed by atoms with Crippen molar-refractivity contribution in [3.63, 3.8) is 0 Å². The van der Waals surface area contributed by atoms with E-state index in [9.17, 15) is 14.0 Å². The third kappa shape index (κ3) is 5.38. The van der Waals surface area contributed by atoms with Crippen molar-refractivity contribution in [1.82, 2.24) is 5.32 Å². The summed E-state index contributed by atoms with van der Waals surface area (Å²) in [5.41, 5.74) is 0.682. The molecule has 20 heavy (non-hydrogen) atoms. The standard InChI is InChI=1S/C15H20FNO3/c1-3-4-5-14(18)17-13(10-15(19)20-2)11-6-8-12(16)9-7-11/h6-9,13H,3-5,10H2,1-2H3,(H,17,18)/t13-/m1/s1. The molecule has 0 bridgehead atoms. The van der Waals surface area contributed by atoms with Gasteiger partial charge in [0.15, 0.2) is 0 Å². The van der Waals surface area contributed by atoms with Crippen LogP contribution in [0.5, 0.6) is 0 Å². The van der Waals surface area contributed by atoms with Gasteiger partial charge < -0.3 is 10.1 Å². The van der Waals surface area contributed by atoms with Gasteiger partial charge in [0.1, 0.15) is 5.82 Å². The molecule has 0 spiro atoms. The lowest BCUT2D eigenvalue weighted by molar-refractivity contribution is -0.141. The third-order valence-electron chi connectivity index (χ3n) is 2.96. The Hall–Kier alpha value is -1.91. The second kappa shape index (κ2) is 8.30. The topological polar surface area (TPSA) is 55.4 Å². The Morgan fingerprint density at radius 3 is 2.50 bits per heavy atom. The molecule has 1 aromatic rings. The fourth-order valence-corrected chi connectivity index (χ4v) is 1.80. The zero-order chi connectivity index (χ0) is 15.0. The molecule has 1 amide bonds. The molecule has 0 aliphatic heterocycles. The van der Waals surface area contributed by atoms with E-state index in [-0.39, 0.29) is 18.1 Å². The molecule has 0 aliphatic rings. The zero-order valence-electron chi connectivity index (χ0n) is 11.8. The molecule has 1 N–H and O–H groups in total. The van der Waals surface area contributed by atoms with Crippen molar-refractivity contribution < 1.29 is 18.7 Å². The number of ether oxygens (including phenoxy) is 1. The van der Waals surface area contributed by atoms with E-state index < -0.39 is 12.0 Å². The lowest BCUT2D eigenvalue weighted by Gasteiger charge is -2.18. The highest BCUT2D eigenvalue weighted by Crippen LogP contribution is 2.18. The maximum atomic E-state index is 12.9. The highest BCUT2D eigenvalue weighted by Gasteiger charge is 2.18. The Morgan fingerprint density at radius 2 is 1.95 bits per heavy atom. The normalized spacial score (nSPS) is 11.8. The van der Waals surface area contributed by atoms with Crippen LogP contribution in [-0.4, -0.2) is 19.0 Å². The van der Waals surface area contributed by atoms with Crippen molar-refractivity contribution in [3.05, 3.63) is 35.6 Å². The molecule has 0 aromatic heterocycles. The lowest BCUT2D eigenvalue weighted by Crippen LogP contribution is -2.30. The number of methoxy groups -OCH3 is 1. The average molecular weight is 281 g/mol. The van der Waals surface area contributed by atoms with Gasteiger partial charge in [-0.2, -0.15) is 0 Å². The van der Waals surface area contributed by atoms with Gasteiger partial charge in [-0.3, -0.25) is 9.59 Å². The van der Waals surface area contributed by atoms with Crippen LogP contribution in [-0.2, 0) is 14.3 Å². The molecular weight excluding hydrogens is 261 g/mol. The molecule has 1 aromatic carbocycles. The van der Waals surface area contributed by atoms with E-state index in [1.54, 1.807) is 12.1 Å². The number of halogens is 1. The maximum absolute atomic E-state index is 12.9. The van der Waals surface area contributed by atoms with Crippen LogP contribution in [0, 0.1) is 5.82 Å². The van der Waals surface area contributed by atoms with E-state index in [1.807, 2.05) is 6.92 Å². The number of rotatable bonds is 7. The van der Waals surface area contributed by atoms with Gasteiger partial charge in [-0.05, 0) is 24.1 Å². The fourth-order valence-electron chi connectivity index (χ4n) is 1.80. The van der Waals surface area contributed by atoms with E-state index in [2.05, 4.69) is 10.1 Å². The summed E-state index contributed by atoms with van der Waals surface area (Å²) in [5.74, 6) is -0.900. The molecule has 0 saturated carbocycles. The third-order valence-corrected chi connectivity index (χ3v) is 2.96. The number of hydrogen-bond donors (Lipinski definition) is 1. The molecule has 0 unspecified atom stereocenters. The average Bonchev–Trinajstić information content (AvgIpc) is 2.45. The summed E-state index contributed by atoms with van der Waals surface area (Å²) in [5, 5.41) is 2.79. The Bertz CT molecular complexity index is 445. The Kier molecular flexibility index (Phi) is 6.70. The smallest absolute Gasteiger partial charge is 0.307 e. The summed E-state index contributed by atoms with van der Waals surface area (Å²) in [7, 11) is 1.29. The minimum absolute atomic E-state index is 0.0278. The predicted molar refractivity (Wildman–Crippen MR) is 73.4 cm³/mol. The maximum Gasteiger partial charge on any atom is 0.307 e. The fraction of sp³-hybridized carbons (Fsp3) is 0.467. The first-order chi connectivity index (χ1) is 9.56. The molecule has 0 radical (unpaired) electrons. The lowest BCUT2D eigenvalue weighted by atomic mass is 10.0. The van der Waals surface area contributed by atoms with Crippen molar-refractivity contribution in [1.29, 1.82) is 0 Å². The molecule has 4 nitrogen and oxygen atoms in total. The summed E-state index contributed by atoms with van der Waals surface area (Å²) in [6.45, 7) is 2.00. The van der Waals surface area contributed by atoms with Crippen LogP contribution in [0.2, 0.25) is 0 Å². The van der Waals surface area contributed by atoms with Gasteiger partial charge in [0.25, 0.3) is 0 Å². The van der Waals surface area contributed by atoms with Crippen molar-refractivity contribution in [2.24, 2.45) is 0 Å². The van der Waals surface area contributed by atoms with Crippen LogP contribution in [0.1, 0.15) is 44.2 Å². The molecule has 1 rings (SSSR count). The van der Waals surface area contributed by atoms with Gasteiger partial charge >= 0.3 is 5.97 Å². The Morgan fingerprint density at radius 1 is 1.30 bits per heavy atom. The number of amides is 1. The Labute approximate surface area is 118 Å². The van der Waals surface area contributed by atoms with Crippen molar-refractivity contribution in [2.75, 3.05) is 7.11 Å². The minimum Gasteiger partial charge on any atom is -0.469 e. The summed E-state index contributed by atoms with van der Waals surface area (Å²) in [6, 6.07) is 5.23. The number of esters is 1. The minimum atomic E-state index is -0.493. The molecule has 0 fully saturated rings. The van der Waals surface area contributed by atoms with Gasteiger partial charge in [0.2, 0.25) is 5.91 Å². The summed E-state index contributed by atoms with van der Waals surface area (Å²) >= 11 is 0. The van der Waals surface area contributed by atoms with Crippen molar-refractivity contribution in [2.45, 2.75) is 38.6 Å². The first kappa shape index (κ1) is 16.1. The summed E-state index contributed by atoms with van der Waals surface area (Å²) < 4.78 is 17.6. The Balaban J connectivity index is 2.76. The molecule has 0 heterocycles. The molecule has 5 heteroatoms. The summed E-state index contributed by atoms with van der Waals surface area (Å²) in [4.78, 5) is 23.2. The second-order valence-electron chi connectivity index (χ2n) is 4.56. The predicted octanol–water partition coefficient (Wildman–Crippen LogP) is 2.74. The van der Waals surface area contributed by atoms with Crippen LogP contribution in [0.4, 0.5) is 4.39 Å². The molecular formula is C15H20FNO3. The highest BCUT2D eigenvalue weighted by molar-refractivity contribution is 5.78. The van der Waals surface area contributed by atoms with Crippen LogP contribution >= 0.6 is 0 Å². The highest BCUT2D eigenvalue weighted by atomic mass is 19.1. The molecule has 1 atom stereocenters. The number of benzene rings is 1. The van der Waals surface area contributed by atoms with Gasteiger partial charge in [0, 0.05) is 6.42 Å². The van der Waals surface area contributed by atoms with Gasteiger partial charge in [-0.15, -0.1) is 0 Å². The number of carbonyl (C=O) groups is 2. The van der Waals surface area contributed by atoms with Crippen LogP contribution < -0.4 is 5.32 Å². The monoisotopic (exact) mass is 281 g/mol. The van der Waals surface area contributed by atoms with E-state index in [4.69, 9.17) is 0 Å². The van der Waals surface area contributed by atoms with Gasteiger partial charge in [-0.25, -0.2) is 4.39 Å². The van der Waals surface area contributed by atoms with Crippen molar-refractivity contribution >= 4 is 11.9 Å². The number of unbranched alkanes of at least 4 members (excludes halogenated alkanes) is 1. The van der Waals surface area contributed by atoms with E-state index in [0.717, 1.165) is 12.8 Å². The van der Waals surface area contributed by atoms with Crippen LogP contribution in [0.3, 0.4) is 0 Å². The van der Waals surface area contributed by atoms with Gasteiger partial charge in [-0.1, -0.05) is 25.5 Å². The molecule has 0 aliphatic carbocycles. The first-order valence-corrected chi connectivity index (χ1v) is 6.68. The quantitative estimate of drug-likeness (QED) is 0.782. The number of hydrogen-bond acceptors (Lipinski definition) is 3. The van der Waals surface area contributed by atoms with E-state index in [1.165, 1.54) is 19.2 Å². The SMILES string of the molecule is CCCCC(=O)N[C@H](CC(=O)OC)c1ccc(F)cc1. The van der Waals surface area contributed by atoms with E-state index in [0.29, 0.717) is 12.0 Å². The largest absolute Gasteiger partial charge is 0.469 e. The zero-order valence-corrected chi connectivity index (χ0v) is 11.8. The van der Waals surface area contributed by atoms with E-state index >= 15 is 0 Å². The molecule has 110 valence electrons. The van der Waals surface area contributed by atoms with Crippen molar-refractivity contribution in [3.8, 4) is 0 Å². The summed E-state index contributed by atoms with van der Waals surface area (Å²) in [6.07, 6.45) is 2.15. The number of nitrogens with one attached hydrogen (secondary N) is 1. The second-order valence-corrected chi connectivity index (χ2v) is 4.56. The first-order valence-electron chi connectivity index (χ1n) is 6.68. The van der Waals surface area contributed by atoms with Gasteiger partial charge in [0.05, 0.1) is 19.6 Å². The number of carbonyl (C=O) groups excluding carboxylic acids is 2. The molecule has 0 saturated heterocycles.